The molecule has 0 radical (unpaired) electrons. The van der Waals surface area contributed by atoms with Crippen LogP contribution in [0.5, 0.6) is 0 Å². The lowest BCUT2D eigenvalue weighted by Crippen LogP contribution is -2.21. The zero-order valence-electron chi connectivity index (χ0n) is 14.9. The first kappa shape index (κ1) is 18.3. The zero-order valence-corrected chi connectivity index (χ0v) is 14.9. The summed E-state index contributed by atoms with van der Waals surface area (Å²) in [6.45, 7) is 4.07. The number of rotatable bonds is 5. The number of pyridine rings is 2. The molecule has 2 aromatic heterocycles. The molecule has 0 fully saturated rings. The number of anilines is 1. The lowest BCUT2D eigenvalue weighted by Gasteiger charge is -2.11. The molecule has 132 valence electrons. The van der Waals surface area contributed by atoms with E-state index in [0.717, 1.165) is 5.57 Å². The van der Waals surface area contributed by atoms with E-state index in [1.807, 2.05) is 19.9 Å². The van der Waals surface area contributed by atoms with Crippen molar-refractivity contribution in [1.29, 1.82) is 0 Å². The third kappa shape index (κ3) is 4.47. The largest absolute Gasteiger partial charge is 0.404 e. The van der Waals surface area contributed by atoms with E-state index in [1.165, 1.54) is 11.1 Å². The van der Waals surface area contributed by atoms with Crippen molar-refractivity contribution in [1.82, 2.24) is 14.9 Å². The van der Waals surface area contributed by atoms with Crippen molar-refractivity contribution < 1.29 is 4.79 Å². The van der Waals surface area contributed by atoms with E-state index in [-0.39, 0.29) is 11.8 Å². The number of nitrogens with two attached hydrogens (primary N) is 2. The molecule has 2 heterocycles. The van der Waals surface area contributed by atoms with Crippen LogP contribution in [0.25, 0.3) is 11.0 Å². The zero-order chi connectivity index (χ0) is 18.6. The van der Waals surface area contributed by atoms with Crippen LogP contribution in [0.4, 0.5) is 5.82 Å². The Kier molecular flexibility index (Phi) is 5.59. The molecule has 0 unspecified atom stereocenters. The average Bonchev–Trinajstić information content (AvgIpc) is 2.57. The minimum atomic E-state index is -0.122. The molecule has 0 saturated carbocycles. The molecular formula is C18H24N6O. The predicted molar refractivity (Wildman–Crippen MR) is 101 cm³/mol. The molecule has 2 aromatic rings. The molecule has 5 N–H and O–H groups in total. The van der Waals surface area contributed by atoms with Crippen LogP contribution in [0.1, 0.15) is 24.2 Å². The van der Waals surface area contributed by atoms with Gasteiger partial charge in [0.25, 0.3) is 5.91 Å². The van der Waals surface area contributed by atoms with E-state index in [4.69, 9.17) is 11.5 Å². The van der Waals surface area contributed by atoms with Gasteiger partial charge in [-0.1, -0.05) is 13.8 Å². The number of hydrogen-bond donors (Lipinski definition) is 3. The molecule has 7 heteroatoms. The van der Waals surface area contributed by atoms with Crippen LogP contribution in [0.3, 0.4) is 0 Å². The van der Waals surface area contributed by atoms with Crippen molar-refractivity contribution in [2.75, 3.05) is 19.4 Å². The fraction of sp³-hybridized carbons (Fsp3) is 0.278. The van der Waals surface area contributed by atoms with E-state index in [1.54, 1.807) is 38.5 Å². The molecule has 0 aromatic carbocycles. The summed E-state index contributed by atoms with van der Waals surface area (Å²) in [7, 11) is 3.39. The summed E-state index contributed by atoms with van der Waals surface area (Å²) in [6.07, 6.45) is 4.87. The molecule has 25 heavy (non-hydrogen) atoms. The number of hydrogen-bond acceptors (Lipinski definition) is 6. The van der Waals surface area contributed by atoms with Gasteiger partial charge >= 0.3 is 0 Å². The predicted octanol–water partition coefficient (Wildman–Crippen LogP) is 2.04. The maximum atomic E-state index is 12.1. The highest BCUT2D eigenvalue weighted by atomic mass is 16.2. The number of carbonyl (C=O) groups is 1. The van der Waals surface area contributed by atoms with Crippen LogP contribution in [0, 0.1) is 5.92 Å². The van der Waals surface area contributed by atoms with Gasteiger partial charge in [0.2, 0.25) is 0 Å². The Morgan fingerprint density at radius 2 is 2.00 bits per heavy atom. The Morgan fingerprint density at radius 3 is 2.60 bits per heavy atom. The fourth-order valence-corrected chi connectivity index (χ4v) is 2.22. The van der Waals surface area contributed by atoms with Crippen LogP contribution < -0.4 is 16.8 Å². The molecule has 0 aliphatic rings. The van der Waals surface area contributed by atoms with Crippen LogP contribution in [0.2, 0.25) is 0 Å². The Bertz CT molecular complexity index is 839. The van der Waals surface area contributed by atoms with Crippen LogP contribution in [-0.2, 0) is 0 Å². The molecule has 0 spiro atoms. The third-order valence-electron chi connectivity index (χ3n) is 3.64. The highest BCUT2D eigenvalue weighted by Gasteiger charge is 2.10. The molecule has 7 nitrogen and oxygen atoms in total. The van der Waals surface area contributed by atoms with Crippen LogP contribution in [0.15, 0.2) is 48.1 Å². The van der Waals surface area contributed by atoms with Crippen molar-refractivity contribution in [3.63, 3.8) is 0 Å². The standard InChI is InChI=1S/C18H24N6O/c1-11(2)12(9-19)8-16(20)23-17-6-5-14-15(22-17)7-13(10-21-14)18(25)24(3)4/h5-11H,19-20H2,1-4H3,(H,22,23)/b12-9+,16-8+. The van der Waals surface area contributed by atoms with Gasteiger partial charge in [-0.25, -0.2) is 4.98 Å². The summed E-state index contributed by atoms with van der Waals surface area (Å²) in [5.74, 6) is 1.14. The highest BCUT2D eigenvalue weighted by molar-refractivity contribution is 5.96. The second kappa shape index (κ2) is 7.65. The summed E-state index contributed by atoms with van der Waals surface area (Å²) in [5, 5.41) is 3.03. The molecule has 0 aliphatic carbocycles. The number of amides is 1. The lowest BCUT2D eigenvalue weighted by atomic mass is 10.0. The summed E-state index contributed by atoms with van der Waals surface area (Å²) >= 11 is 0. The fourth-order valence-electron chi connectivity index (χ4n) is 2.22. The molecule has 0 saturated heterocycles. The molecule has 0 aliphatic heterocycles. The molecule has 2 rings (SSSR count). The number of allylic oxidation sites excluding steroid dienone is 2. The quantitative estimate of drug-likeness (QED) is 0.719. The Labute approximate surface area is 147 Å². The minimum Gasteiger partial charge on any atom is -0.404 e. The molecule has 0 bridgehead atoms. The second-order valence-corrected chi connectivity index (χ2v) is 6.20. The summed E-state index contributed by atoms with van der Waals surface area (Å²) in [6, 6.07) is 5.32. The van der Waals surface area contributed by atoms with Gasteiger partial charge in [-0.3, -0.25) is 9.78 Å². The normalized spacial score (nSPS) is 12.5. The Hall–Kier alpha value is -3.09. The minimum absolute atomic E-state index is 0.122. The third-order valence-corrected chi connectivity index (χ3v) is 3.64. The summed E-state index contributed by atoms with van der Waals surface area (Å²) in [5.41, 5.74) is 14.4. The van der Waals surface area contributed by atoms with Crippen molar-refractivity contribution in [2.24, 2.45) is 17.4 Å². The van der Waals surface area contributed by atoms with E-state index in [9.17, 15) is 4.79 Å². The van der Waals surface area contributed by atoms with Crippen LogP contribution in [-0.4, -0.2) is 34.9 Å². The smallest absolute Gasteiger partial charge is 0.254 e. The number of aromatic nitrogens is 2. The van der Waals surface area contributed by atoms with Crippen LogP contribution >= 0.6 is 0 Å². The Balaban J connectivity index is 2.31. The van der Waals surface area contributed by atoms with Gasteiger partial charge in [0.1, 0.15) is 11.6 Å². The molecule has 1 amide bonds. The van der Waals surface area contributed by atoms with E-state index >= 15 is 0 Å². The maximum Gasteiger partial charge on any atom is 0.254 e. The SMILES string of the molecule is CC(C)C(=C/N)/C=C(\N)Nc1ccc2ncc(C(=O)N(C)C)cc2n1. The highest BCUT2D eigenvalue weighted by Crippen LogP contribution is 2.17. The molecular weight excluding hydrogens is 316 g/mol. The number of nitrogens with zero attached hydrogens (tertiary/aromatic N) is 3. The summed E-state index contributed by atoms with van der Waals surface area (Å²) in [4.78, 5) is 22.3. The topological polar surface area (TPSA) is 110 Å². The van der Waals surface area contributed by atoms with E-state index in [2.05, 4.69) is 15.3 Å². The van der Waals surface area contributed by atoms with Crippen molar-refractivity contribution >= 4 is 22.8 Å². The van der Waals surface area contributed by atoms with Gasteiger partial charge in [-0.05, 0) is 42.0 Å². The monoisotopic (exact) mass is 340 g/mol. The number of fused-ring (bicyclic) bond motifs is 1. The van der Waals surface area contributed by atoms with Gasteiger partial charge in [0.05, 0.1) is 16.6 Å². The second-order valence-electron chi connectivity index (χ2n) is 6.20. The van der Waals surface area contributed by atoms with Crippen molar-refractivity contribution in [2.45, 2.75) is 13.8 Å². The average molecular weight is 340 g/mol. The van der Waals surface area contributed by atoms with Gasteiger partial charge in [-0.15, -0.1) is 0 Å². The first-order valence-corrected chi connectivity index (χ1v) is 7.96. The lowest BCUT2D eigenvalue weighted by molar-refractivity contribution is 0.0827. The van der Waals surface area contributed by atoms with Crippen molar-refractivity contribution in [3.05, 3.63) is 53.6 Å². The van der Waals surface area contributed by atoms with E-state index < -0.39 is 0 Å². The summed E-state index contributed by atoms with van der Waals surface area (Å²) < 4.78 is 0. The van der Waals surface area contributed by atoms with E-state index in [0.29, 0.717) is 28.2 Å². The van der Waals surface area contributed by atoms with Gasteiger partial charge in [0, 0.05) is 20.3 Å². The van der Waals surface area contributed by atoms with Gasteiger partial charge in [-0.2, -0.15) is 0 Å². The molecule has 0 atom stereocenters. The maximum absolute atomic E-state index is 12.1. The van der Waals surface area contributed by atoms with Gasteiger partial charge in [0.15, 0.2) is 0 Å². The van der Waals surface area contributed by atoms with Crippen molar-refractivity contribution in [3.8, 4) is 0 Å². The first-order chi connectivity index (χ1) is 11.8. The van der Waals surface area contributed by atoms with Gasteiger partial charge < -0.3 is 21.7 Å². The Morgan fingerprint density at radius 1 is 1.28 bits per heavy atom. The number of carbonyl (C=O) groups excluding carboxylic acids is 1. The number of nitrogens with one attached hydrogen (secondary N) is 1. The first-order valence-electron chi connectivity index (χ1n) is 7.96.